The molecule has 4 unspecified atom stereocenters. The average molecular weight is 607 g/mol. The topological polar surface area (TPSA) is 34.3 Å². The lowest BCUT2D eigenvalue weighted by atomic mass is 9.89. The molecule has 0 aromatic carbocycles. The minimum Gasteiger partial charge on any atom is -0.370 e. The Morgan fingerprint density at radius 1 is 0.395 bits per heavy atom. The fourth-order valence-electron chi connectivity index (χ4n) is 7.23. The summed E-state index contributed by atoms with van der Waals surface area (Å²) >= 11 is 0. The van der Waals surface area contributed by atoms with Crippen molar-refractivity contribution in [1.82, 2.24) is 0 Å². The van der Waals surface area contributed by atoms with E-state index >= 15 is 0 Å². The molecule has 0 spiro atoms. The van der Waals surface area contributed by atoms with E-state index in [4.69, 9.17) is 14.2 Å². The predicted octanol–water partition coefficient (Wildman–Crippen LogP) is 13.1. The third-order valence-corrected chi connectivity index (χ3v) is 10.5. The van der Waals surface area contributed by atoms with Gasteiger partial charge in [0.05, 0.1) is 24.4 Å². The quantitative estimate of drug-likeness (QED) is 0.0540. The molecule has 0 aromatic rings. The first-order chi connectivity index (χ1) is 21.0. The molecule has 2 aliphatic rings. The highest BCUT2D eigenvalue weighted by Crippen LogP contribution is 2.42. The van der Waals surface area contributed by atoms with Crippen molar-refractivity contribution in [3.8, 4) is 0 Å². The lowest BCUT2D eigenvalue weighted by molar-refractivity contribution is -0.167. The van der Waals surface area contributed by atoms with Gasteiger partial charge in [-0.1, -0.05) is 194 Å². The average Bonchev–Trinajstić information content (AvgIpc) is 3.90. The van der Waals surface area contributed by atoms with Gasteiger partial charge in [0.2, 0.25) is 0 Å². The standard InChI is InChI=1S/C40H78O3/c1-5-7-9-11-13-15-17-19-21-23-25-27-29-31-33-39(3,37-35-41-37)43-40(4,38-36-42-38)34-32-30-28-26-24-22-20-18-16-14-12-10-8-6-2/h37-38H,5-36H2,1-4H3. The van der Waals surface area contributed by atoms with Crippen LogP contribution in [0.1, 0.15) is 220 Å². The van der Waals surface area contributed by atoms with Crippen molar-refractivity contribution in [3.05, 3.63) is 0 Å². The Balaban J connectivity index is 1.50. The second-order valence-electron chi connectivity index (χ2n) is 15.1. The minimum absolute atomic E-state index is 0.159. The molecule has 0 bridgehead atoms. The van der Waals surface area contributed by atoms with E-state index < -0.39 is 0 Å². The van der Waals surface area contributed by atoms with Crippen LogP contribution in [-0.4, -0.2) is 36.6 Å². The van der Waals surface area contributed by atoms with Gasteiger partial charge in [0.15, 0.2) is 0 Å². The molecule has 0 amide bonds. The van der Waals surface area contributed by atoms with E-state index in [9.17, 15) is 0 Å². The molecular formula is C40H78O3. The molecule has 0 radical (unpaired) electrons. The van der Waals surface area contributed by atoms with E-state index in [2.05, 4.69) is 27.7 Å². The van der Waals surface area contributed by atoms with E-state index in [1.807, 2.05) is 0 Å². The number of ether oxygens (including phenoxy) is 3. The predicted molar refractivity (Wildman–Crippen MR) is 187 cm³/mol. The molecule has 2 saturated heterocycles. The largest absolute Gasteiger partial charge is 0.370 e. The maximum Gasteiger partial charge on any atom is 0.110 e. The minimum atomic E-state index is -0.159. The van der Waals surface area contributed by atoms with Gasteiger partial charge in [-0.25, -0.2) is 0 Å². The number of epoxide rings is 2. The third kappa shape index (κ3) is 19.9. The number of rotatable bonds is 34. The summed E-state index contributed by atoms with van der Waals surface area (Å²) in [5, 5.41) is 0. The Morgan fingerprint density at radius 3 is 0.814 bits per heavy atom. The molecule has 0 aliphatic carbocycles. The number of hydrogen-bond acceptors (Lipinski definition) is 3. The highest BCUT2D eigenvalue weighted by Gasteiger charge is 2.52. The molecule has 4 atom stereocenters. The van der Waals surface area contributed by atoms with E-state index in [1.54, 1.807) is 0 Å². The summed E-state index contributed by atoms with van der Waals surface area (Å²) in [6.45, 7) is 11.0. The smallest absolute Gasteiger partial charge is 0.110 e. The van der Waals surface area contributed by atoms with Gasteiger partial charge in [-0.05, 0) is 26.7 Å². The highest BCUT2D eigenvalue weighted by atomic mass is 16.6. The Bertz CT molecular complexity index is 563. The summed E-state index contributed by atoms with van der Waals surface area (Å²) in [6, 6.07) is 0. The summed E-state index contributed by atoms with van der Waals surface area (Å²) < 4.78 is 18.8. The summed E-state index contributed by atoms with van der Waals surface area (Å²) in [4.78, 5) is 0. The molecule has 0 N–H and O–H groups in total. The molecule has 43 heavy (non-hydrogen) atoms. The third-order valence-electron chi connectivity index (χ3n) is 10.5. The molecule has 2 rings (SSSR count). The van der Waals surface area contributed by atoms with E-state index in [0.29, 0.717) is 0 Å². The van der Waals surface area contributed by atoms with Crippen molar-refractivity contribution >= 4 is 0 Å². The Hall–Kier alpha value is -0.120. The van der Waals surface area contributed by atoms with Gasteiger partial charge in [0, 0.05) is 0 Å². The molecular weight excluding hydrogens is 528 g/mol. The molecule has 0 saturated carbocycles. The zero-order valence-electron chi connectivity index (χ0n) is 30.0. The monoisotopic (exact) mass is 607 g/mol. The molecule has 256 valence electrons. The zero-order chi connectivity index (χ0) is 30.9. The fraction of sp³-hybridized carbons (Fsp3) is 1.00. The number of unbranched alkanes of at least 4 members (excludes halogenated alkanes) is 26. The van der Waals surface area contributed by atoms with Crippen molar-refractivity contribution in [1.29, 1.82) is 0 Å². The van der Waals surface area contributed by atoms with Crippen LogP contribution in [0.25, 0.3) is 0 Å². The summed E-state index contributed by atoms with van der Waals surface area (Å²) in [6.07, 6.45) is 42.2. The first-order valence-electron chi connectivity index (χ1n) is 20.0. The van der Waals surface area contributed by atoms with E-state index in [0.717, 1.165) is 26.1 Å². The van der Waals surface area contributed by atoms with Crippen molar-refractivity contribution in [3.63, 3.8) is 0 Å². The van der Waals surface area contributed by atoms with Crippen LogP contribution in [-0.2, 0) is 14.2 Å². The maximum absolute atomic E-state index is 7.05. The highest BCUT2D eigenvalue weighted by molar-refractivity contribution is 5.00. The van der Waals surface area contributed by atoms with Gasteiger partial charge >= 0.3 is 0 Å². The van der Waals surface area contributed by atoms with Crippen LogP contribution in [0.4, 0.5) is 0 Å². The molecule has 2 aliphatic heterocycles. The Kier molecular flexibility index (Phi) is 22.7. The summed E-state index contributed by atoms with van der Waals surface area (Å²) in [5.74, 6) is 0. The Morgan fingerprint density at radius 2 is 0.605 bits per heavy atom. The van der Waals surface area contributed by atoms with Crippen LogP contribution in [0.15, 0.2) is 0 Å². The molecule has 3 heteroatoms. The van der Waals surface area contributed by atoms with Crippen molar-refractivity contribution < 1.29 is 14.2 Å². The zero-order valence-corrected chi connectivity index (χ0v) is 30.0. The van der Waals surface area contributed by atoms with Crippen LogP contribution < -0.4 is 0 Å². The maximum atomic E-state index is 7.05. The first-order valence-corrected chi connectivity index (χ1v) is 20.0. The van der Waals surface area contributed by atoms with Crippen molar-refractivity contribution in [2.24, 2.45) is 0 Å². The molecule has 0 aromatic heterocycles. The van der Waals surface area contributed by atoms with Crippen molar-refractivity contribution in [2.75, 3.05) is 13.2 Å². The second-order valence-corrected chi connectivity index (χ2v) is 15.1. The Labute approximate surface area is 270 Å². The van der Waals surface area contributed by atoms with Crippen LogP contribution in [0, 0.1) is 0 Å². The lowest BCUT2D eigenvalue weighted by Gasteiger charge is -2.39. The van der Waals surface area contributed by atoms with Crippen LogP contribution in [0.3, 0.4) is 0 Å². The van der Waals surface area contributed by atoms with Gasteiger partial charge in [-0.2, -0.15) is 0 Å². The fourth-order valence-corrected chi connectivity index (χ4v) is 7.23. The lowest BCUT2D eigenvalue weighted by Crippen LogP contribution is -2.48. The van der Waals surface area contributed by atoms with Crippen LogP contribution in [0.2, 0.25) is 0 Å². The van der Waals surface area contributed by atoms with Gasteiger partial charge in [0.25, 0.3) is 0 Å². The number of hydrogen-bond donors (Lipinski definition) is 0. The van der Waals surface area contributed by atoms with Crippen LogP contribution >= 0.6 is 0 Å². The summed E-state index contributed by atoms with van der Waals surface area (Å²) in [7, 11) is 0. The van der Waals surface area contributed by atoms with Crippen molar-refractivity contribution in [2.45, 2.75) is 244 Å². The van der Waals surface area contributed by atoms with E-state index in [-0.39, 0.29) is 23.4 Å². The van der Waals surface area contributed by atoms with Crippen LogP contribution in [0.5, 0.6) is 0 Å². The van der Waals surface area contributed by atoms with Gasteiger partial charge in [-0.15, -0.1) is 0 Å². The second kappa shape index (κ2) is 25.0. The first kappa shape index (κ1) is 39.1. The molecule has 3 nitrogen and oxygen atoms in total. The molecule has 2 fully saturated rings. The molecule has 2 heterocycles. The normalized spacial score (nSPS) is 20.7. The van der Waals surface area contributed by atoms with E-state index in [1.165, 1.54) is 180 Å². The summed E-state index contributed by atoms with van der Waals surface area (Å²) in [5.41, 5.74) is -0.318. The van der Waals surface area contributed by atoms with Gasteiger partial charge < -0.3 is 14.2 Å². The SMILES string of the molecule is CCCCCCCCCCCCCCCCC(C)(OC(C)(CCCCCCCCCCCCCCCC)C1CO1)C1CO1. The van der Waals surface area contributed by atoms with Gasteiger partial charge in [0.1, 0.15) is 12.2 Å². The van der Waals surface area contributed by atoms with Gasteiger partial charge in [-0.3, -0.25) is 0 Å².